The minimum atomic E-state index is -4.65. The van der Waals surface area contributed by atoms with Gasteiger partial charge in [0.1, 0.15) is 17.2 Å². The van der Waals surface area contributed by atoms with Crippen LogP contribution in [0.5, 0.6) is 11.5 Å². The predicted octanol–water partition coefficient (Wildman–Crippen LogP) is 6.19. The Labute approximate surface area is 228 Å². The van der Waals surface area contributed by atoms with Gasteiger partial charge in [-0.05, 0) is 61.6 Å². The average Bonchev–Trinajstić information content (AvgIpc) is 2.90. The average molecular weight is 566 g/mol. The SMILES string of the molecule is CCN(CC)CCONC(=O)c1cc(Oc2ccc(NC(=O)Nc3ccc(Cl)c(C(F)(F)F)c3)cc2)ccn1. The van der Waals surface area contributed by atoms with Crippen LogP contribution in [0.1, 0.15) is 29.9 Å². The van der Waals surface area contributed by atoms with Crippen LogP contribution in [-0.4, -0.2) is 48.1 Å². The summed E-state index contributed by atoms with van der Waals surface area (Å²) < 4.78 is 44.8. The fourth-order valence-electron chi connectivity index (χ4n) is 3.34. The number of carbonyl (C=O) groups excluding carboxylic acids is 2. The number of likely N-dealkylation sites (N-methyl/N-ethyl adjacent to an activating group) is 1. The molecule has 0 aliphatic heterocycles. The van der Waals surface area contributed by atoms with Crippen molar-refractivity contribution in [1.29, 1.82) is 0 Å². The van der Waals surface area contributed by atoms with Crippen molar-refractivity contribution < 1.29 is 32.3 Å². The lowest BCUT2D eigenvalue weighted by Crippen LogP contribution is -2.31. The van der Waals surface area contributed by atoms with E-state index < -0.39 is 28.7 Å². The van der Waals surface area contributed by atoms with E-state index >= 15 is 0 Å². The number of nitrogens with one attached hydrogen (secondary N) is 3. The van der Waals surface area contributed by atoms with Crippen molar-refractivity contribution in [3.05, 3.63) is 77.1 Å². The normalized spacial score (nSPS) is 11.3. The van der Waals surface area contributed by atoms with Gasteiger partial charge in [0.25, 0.3) is 5.91 Å². The van der Waals surface area contributed by atoms with Crippen LogP contribution in [0.3, 0.4) is 0 Å². The van der Waals surface area contributed by atoms with E-state index in [-0.39, 0.29) is 11.4 Å². The molecule has 3 amide bonds. The summed E-state index contributed by atoms with van der Waals surface area (Å²) in [6.07, 6.45) is -3.24. The van der Waals surface area contributed by atoms with Crippen molar-refractivity contribution >= 4 is 34.9 Å². The highest BCUT2D eigenvalue weighted by molar-refractivity contribution is 6.31. The third-order valence-electron chi connectivity index (χ3n) is 5.41. The summed E-state index contributed by atoms with van der Waals surface area (Å²) in [7, 11) is 0. The lowest BCUT2D eigenvalue weighted by molar-refractivity contribution is -0.137. The first-order valence-electron chi connectivity index (χ1n) is 11.9. The number of benzene rings is 2. The molecule has 0 saturated heterocycles. The smallest absolute Gasteiger partial charge is 0.417 e. The quantitative estimate of drug-likeness (QED) is 0.189. The van der Waals surface area contributed by atoms with E-state index in [0.29, 0.717) is 30.3 Å². The van der Waals surface area contributed by atoms with Gasteiger partial charge in [-0.2, -0.15) is 13.2 Å². The summed E-state index contributed by atoms with van der Waals surface area (Å²) >= 11 is 5.60. The van der Waals surface area contributed by atoms with Crippen molar-refractivity contribution in [2.45, 2.75) is 20.0 Å². The molecule has 13 heteroatoms. The van der Waals surface area contributed by atoms with Crippen molar-refractivity contribution in [3.63, 3.8) is 0 Å². The van der Waals surface area contributed by atoms with E-state index in [0.717, 1.165) is 25.2 Å². The van der Waals surface area contributed by atoms with Gasteiger partial charge in [0, 0.05) is 30.2 Å². The molecule has 3 rings (SSSR count). The van der Waals surface area contributed by atoms with Gasteiger partial charge < -0.3 is 20.3 Å². The summed E-state index contributed by atoms with van der Waals surface area (Å²) in [6.45, 7) is 6.86. The maximum atomic E-state index is 13.0. The number of hydrogen-bond acceptors (Lipinski definition) is 6. The lowest BCUT2D eigenvalue weighted by atomic mass is 10.2. The molecule has 1 aromatic heterocycles. The lowest BCUT2D eigenvalue weighted by Gasteiger charge is -2.17. The molecule has 208 valence electrons. The van der Waals surface area contributed by atoms with Crippen molar-refractivity contribution in [2.75, 3.05) is 36.9 Å². The van der Waals surface area contributed by atoms with Gasteiger partial charge in [-0.15, -0.1) is 0 Å². The molecule has 0 aliphatic carbocycles. The largest absolute Gasteiger partial charge is 0.457 e. The summed E-state index contributed by atoms with van der Waals surface area (Å²) in [5.74, 6) is 0.232. The molecule has 0 saturated carbocycles. The molecule has 0 radical (unpaired) electrons. The number of amides is 3. The number of aromatic nitrogens is 1. The zero-order valence-electron chi connectivity index (χ0n) is 21.1. The molecule has 2 aromatic carbocycles. The molecule has 9 nitrogen and oxygen atoms in total. The molecule has 0 fully saturated rings. The Balaban J connectivity index is 1.53. The van der Waals surface area contributed by atoms with Crippen molar-refractivity contribution in [1.82, 2.24) is 15.4 Å². The van der Waals surface area contributed by atoms with Crippen molar-refractivity contribution in [2.24, 2.45) is 0 Å². The molecule has 39 heavy (non-hydrogen) atoms. The summed E-state index contributed by atoms with van der Waals surface area (Å²) in [4.78, 5) is 36.0. The number of hydrogen-bond donors (Lipinski definition) is 3. The zero-order chi connectivity index (χ0) is 28.4. The van der Waals surface area contributed by atoms with Crippen LogP contribution in [0.2, 0.25) is 5.02 Å². The molecule has 0 bridgehead atoms. The Bertz CT molecular complexity index is 1270. The predicted molar refractivity (Wildman–Crippen MR) is 141 cm³/mol. The number of hydroxylamine groups is 1. The van der Waals surface area contributed by atoms with Crippen LogP contribution in [0.25, 0.3) is 0 Å². The Hall–Kier alpha value is -3.87. The summed E-state index contributed by atoms with van der Waals surface area (Å²) in [6, 6.07) is 11.5. The summed E-state index contributed by atoms with van der Waals surface area (Å²) in [5, 5.41) is 4.38. The van der Waals surface area contributed by atoms with Crippen molar-refractivity contribution in [3.8, 4) is 11.5 Å². The molecule has 0 spiro atoms. The minimum Gasteiger partial charge on any atom is -0.457 e. The first kappa shape index (κ1) is 29.7. The Morgan fingerprint density at radius 3 is 2.28 bits per heavy atom. The maximum absolute atomic E-state index is 13.0. The minimum absolute atomic E-state index is 0.0731. The second-order valence-electron chi connectivity index (χ2n) is 8.08. The Morgan fingerprint density at radius 2 is 1.62 bits per heavy atom. The zero-order valence-corrected chi connectivity index (χ0v) is 21.9. The van der Waals surface area contributed by atoms with Gasteiger partial charge in [-0.3, -0.25) is 14.6 Å². The fourth-order valence-corrected chi connectivity index (χ4v) is 3.56. The number of alkyl halides is 3. The Morgan fingerprint density at radius 1 is 0.949 bits per heavy atom. The van der Waals surface area contributed by atoms with Crippen LogP contribution >= 0.6 is 11.6 Å². The van der Waals surface area contributed by atoms with Gasteiger partial charge in [0.05, 0.1) is 17.2 Å². The van der Waals surface area contributed by atoms with Gasteiger partial charge in [-0.1, -0.05) is 25.4 Å². The van der Waals surface area contributed by atoms with Gasteiger partial charge >= 0.3 is 12.2 Å². The number of nitrogens with zero attached hydrogens (tertiary/aromatic N) is 2. The highest BCUT2D eigenvalue weighted by Gasteiger charge is 2.33. The fraction of sp³-hybridized carbons (Fsp3) is 0.269. The van der Waals surface area contributed by atoms with Crippen LogP contribution in [0.4, 0.5) is 29.3 Å². The van der Waals surface area contributed by atoms with Crippen LogP contribution in [-0.2, 0) is 11.0 Å². The highest BCUT2D eigenvalue weighted by Crippen LogP contribution is 2.36. The van der Waals surface area contributed by atoms with E-state index in [1.54, 1.807) is 18.2 Å². The van der Waals surface area contributed by atoms with Crippen LogP contribution in [0.15, 0.2) is 60.8 Å². The molecule has 0 aliphatic rings. The number of ether oxygens (including phenoxy) is 1. The molecule has 0 unspecified atom stereocenters. The molecule has 3 N–H and O–H groups in total. The molecule has 1 heterocycles. The van der Waals surface area contributed by atoms with E-state index in [9.17, 15) is 22.8 Å². The third kappa shape index (κ3) is 9.13. The Kier molecular flexibility index (Phi) is 10.5. The molecular weight excluding hydrogens is 539 g/mol. The van der Waals surface area contributed by atoms with Gasteiger partial charge in [0.2, 0.25) is 0 Å². The van der Waals surface area contributed by atoms with Crippen LogP contribution < -0.4 is 20.9 Å². The first-order chi connectivity index (χ1) is 18.6. The second-order valence-corrected chi connectivity index (χ2v) is 8.49. The number of halogens is 4. The molecule has 3 aromatic rings. The number of pyridine rings is 1. The molecular formula is C26H27ClF3N5O4. The molecule has 0 atom stereocenters. The van der Waals surface area contributed by atoms with E-state index in [2.05, 4.69) is 26.0 Å². The number of anilines is 2. The number of urea groups is 1. The number of carbonyl (C=O) groups is 2. The second kappa shape index (κ2) is 13.8. The topological polar surface area (TPSA) is 105 Å². The van der Waals surface area contributed by atoms with E-state index in [4.69, 9.17) is 21.2 Å². The van der Waals surface area contributed by atoms with Gasteiger partial charge in [0.15, 0.2) is 0 Å². The third-order valence-corrected chi connectivity index (χ3v) is 5.74. The number of rotatable bonds is 11. The van der Waals surface area contributed by atoms with E-state index in [1.807, 2.05) is 13.8 Å². The van der Waals surface area contributed by atoms with Crippen LogP contribution in [0, 0.1) is 0 Å². The van der Waals surface area contributed by atoms with Gasteiger partial charge in [-0.25, -0.2) is 10.3 Å². The highest BCUT2D eigenvalue weighted by atomic mass is 35.5. The first-order valence-corrected chi connectivity index (χ1v) is 12.3. The van der Waals surface area contributed by atoms with E-state index in [1.165, 1.54) is 30.5 Å². The maximum Gasteiger partial charge on any atom is 0.417 e. The summed E-state index contributed by atoms with van der Waals surface area (Å²) in [5.41, 5.74) is 1.69. The standard InChI is InChI=1S/C26H27ClF3N5O4/c1-3-35(4-2)13-14-38-34-24(36)23-16-20(11-12-31-23)39-19-8-5-17(6-9-19)32-25(37)33-18-7-10-22(27)21(15-18)26(28,29)30/h5-12,15-16H,3-4,13-14H2,1-2H3,(H,34,36)(H2,32,33,37). The monoisotopic (exact) mass is 565 g/mol.